The second-order valence-corrected chi connectivity index (χ2v) is 4.08. The van der Waals surface area contributed by atoms with E-state index in [2.05, 4.69) is 6.07 Å². The average molecular weight is 230 g/mol. The van der Waals surface area contributed by atoms with Crippen molar-refractivity contribution in [3.05, 3.63) is 36.4 Å². The monoisotopic (exact) mass is 230 g/mol. The van der Waals surface area contributed by atoms with E-state index >= 15 is 0 Å². The Hall–Kier alpha value is -1.74. The zero-order valence-electron chi connectivity index (χ0n) is 9.68. The number of methoxy groups -OCH3 is 1. The molecule has 1 unspecified atom stereocenters. The Morgan fingerprint density at radius 1 is 1.24 bits per heavy atom. The van der Waals surface area contributed by atoms with Gasteiger partial charge in [-0.1, -0.05) is 30.3 Å². The molecule has 3 rings (SSSR count). The van der Waals surface area contributed by atoms with Gasteiger partial charge in [-0.3, -0.25) is 0 Å². The second-order valence-electron chi connectivity index (χ2n) is 4.08. The first-order valence-corrected chi connectivity index (χ1v) is 5.68. The molecule has 1 saturated heterocycles. The van der Waals surface area contributed by atoms with Crippen LogP contribution in [0.15, 0.2) is 36.4 Å². The number of hydrogen-bond donors (Lipinski definition) is 0. The fourth-order valence-corrected chi connectivity index (χ4v) is 1.89. The van der Waals surface area contributed by atoms with Gasteiger partial charge in [-0.15, -0.1) is 0 Å². The van der Waals surface area contributed by atoms with Crippen LogP contribution in [0, 0.1) is 0 Å². The van der Waals surface area contributed by atoms with Crippen LogP contribution in [0.25, 0.3) is 10.8 Å². The molecule has 3 heteroatoms. The molecule has 88 valence electrons. The van der Waals surface area contributed by atoms with Crippen LogP contribution in [0.2, 0.25) is 0 Å². The molecule has 0 saturated carbocycles. The molecule has 0 bridgehead atoms. The maximum absolute atomic E-state index is 5.71. The van der Waals surface area contributed by atoms with E-state index in [1.165, 1.54) is 0 Å². The molecule has 17 heavy (non-hydrogen) atoms. The lowest BCUT2D eigenvalue weighted by Crippen LogP contribution is -2.05. The van der Waals surface area contributed by atoms with E-state index in [9.17, 15) is 0 Å². The molecular formula is C14H14O3. The molecule has 1 aliphatic heterocycles. The van der Waals surface area contributed by atoms with Crippen molar-refractivity contribution in [2.24, 2.45) is 0 Å². The lowest BCUT2D eigenvalue weighted by molar-refractivity contribution is 0.253. The number of ether oxygens (including phenoxy) is 3. The minimum atomic E-state index is 0.256. The summed E-state index contributed by atoms with van der Waals surface area (Å²) in [6.45, 7) is 1.39. The van der Waals surface area contributed by atoms with Gasteiger partial charge in [-0.05, 0) is 11.5 Å². The lowest BCUT2D eigenvalue weighted by Gasteiger charge is -2.12. The molecule has 0 radical (unpaired) electrons. The fourth-order valence-electron chi connectivity index (χ4n) is 1.89. The summed E-state index contributed by atoms with van der Waals surface area (Å²) in [6.07, 6.45) is 0.256. The van der Waals surface area contributed by atoms with Crippen molar-refractivity contribution in [2.45, 2.75) is 6.10 Å². The van der Waals surface area contributed by atoms with Crippen LogP contribution in [0.3, 0.4) is 0 Å². The largest absolute Gasteiger partial charge is 0.492 e. The van der Waals surface area contributed by atoms with E-state index in [0.29, 0.717) is 6.61 Å². The van der Waals surface area contributed by atoms with Crippen LogP contribution >= 0.6 is 0 Å². The summed E-state index contributed by atoms with van der Waals surface area (Å²) in [4.78, 5) is 0. The molecule has 0 aromatic heterocycles. The van der Waals surface area contributed by atoms with Crippen molar-refractivity contribution in [1.29, 1.82) is 0 Å². The summed E-state index contributed by atoms with van der Waals surface area (Å²) >= 11 is 0. The molecule has 1 heterocycles. The predicted octanol–water partition coefficient (Wildman–Crippen LogP) is 2.63. The molecule has 0 aliphatic carbocycles. The number of benzene rings is 2. The third kappa shape index (κ3) is 2.06. The smallest absolute Gasteiger partial charge is 0.168 e. The SMILES string of the molecule is COc1c(OCC2CO2)ccc2ccccc12. The van der Waals surface area contributed by atoms with Crippen molar-refractivity contribution in [2.75, 3.05) is 20.3 Å². The topological polar surface area (TPSA) is 31.0 Å². The molecule has 2 aromatic carbocycles. The molecule has 3 nitrogen and oxygen atoms in total. The Morgan fingerprint density at radius 3 is 2.82 bits per heavy atom. The molecule has 1 aliphatic rings. The molecule has 0 N–H and O–H groups in total. The van der Waals surface area contributed by atoms with Crippen LogP contribution < -0.4 is 9.47 Å². The molecular weight excluding hydrogens is 216 g/mol. The van der Waals surface area contributed by atoms with Gasteiger partial charge in [0, 0.05) is 5.39 Å². The summed E-state index contributed by atoms with van der Waals surface area (Å²) in [5, 5.41) is 2.23. The van der Waals surface area contributed by atoms with E-state index in [1.54, 1.807) is 7.11 Å². The number of epoxide rings is 1. The predicted molar refractivity (Wildman–Crippen MR) is 65.7 cm³/mol. The van der Waals surface area contributed by atoms with Gasteiger partial charge in [0.05, 0.1) is 13.7 Å². The maximum atomic E-state index is 5.71. The summed E-state index contributed by atoms with van der Waals surface area (Å²) in [7, 11) is 1.67. The van der Waals surface area contributed by atoms with E-state index in [4.69, 9.17) is 14.2 Å². The van der Waals surface area contributed by atoms with E-state index in [0.717, 1.165) is 28.9 Å². The Bertz CT molecular complexity index is 532. The van der Waals surface area contributed by atoms with Gasteiger partial charge in [0.1, 0.15) is 12.7 Å². The fraction of sp³-hybridized carbons (Fsp3) is 0.286. The van der Waals surface area contributed by atoms with Crippen molar-refractivity contribution in [3.8, 4) is 11.5 Å². The van der Waals surface area contributed by atoms with E-state index in [1.807, 2.05) is 30.3 Å². The van der Waals surface area contributed by atoms with E-state index in [-0.39, 0.29) is 6.10 Å². The van der Waals surface area contributed by atoms with Crippen molar-refractivity contribution in [1.82, 2.24) is 0 Å². The Kier molecular flexibility index (Phi) is 2.61. The highest BCUT2D eigenvalue weighted by Gasteiger charge is 2.23. The Balaban J connectivity index is 1.98. The quantitative estimate of drug-likeness (QED) is 0.756. The maximum Gasteiger partial charge on any atom is 0.168 e. The third-order valence-corrected chi connectivity index (χ3v) is 2.87. The summed E-state index contributed by atoms with van der Waals surface area (Å²) in [6, 6.07) is 12.1. The first-order chi connectivity index (χ1) is 8.38. The Labute approximate surface area is 99.9 Å². The number of fused-ring (bicyclic) bond motifs is 1. The summed E-state index contributed by atoms with van der Waals surface area (Å²) in [5.74, 6) is 1.57. The zero-order valence-corrected chi connectivity index (χ0v) is 9.68. The molecule has 2 aromatic rings. The Morgan fingerprint density at radius 2 is 2.06 bits per heavy atom. The molecule has 0 spiro atoms. The third-order valence-electron chi connectivity index (χ3n) is 2.87. The molecule has 1 fully saturated rings. The molecule has 0 amide bonds. The highest BCUT2D eigenvalue weighted by Crippen LogP contribution is 2.35. The first-order valence-electron chi connectivity index (χ1n) is 5.68. The van der Waals surface area contributed by atoms with Crippen LogP contribution in [-0.4, -0.2) is 26.4 Å². The van der Waals surface area contributed by atoms with Crippen LogP contribution in [-0.2, 0) is 4.74 Å². The minimum Gasteiger partial charge on any atom is -0.492 e. The van der Waals surface area contributed by atoms with Gasteiger partial charge in [-0.25, -0.2) is 0 Å². The summed E-state index contributed by atoms with van der Waals surface area (Å²) < 4.78 is 16.3. The van der Waals surface area contributed by atoms with Crippen LogP contribution in [0.5, 0.6) is 11.5 Å². The standard InChI is InChI=1S/C14H14O3/c1-15-14-12-5-3-2-4-10(12)6-7-13(14)17-9-11-8-16-11/h2-7,11H,8-9H2,1H3. The first kappa shape index (κ1) is 10.4. The van der Waals surface area contributed by atoms with Crippen molar-refractivity contribution >= 4 is 10.8 Å². The van der Waals surface area contributed by atoms with Crippen molar-refractivity contribution in [3.63, 3.8) is 0 Å². The minimum absolute atomic E-state index is 0.256. The van der Waals surface area contributed by atoms with Crippen molar-refractivity contribution < 1.29 is 14.2 Å². The molecule has 1 atom stereocenters. The van der Waals surface area contributed by atoms with E-state index < -0.39 is 0 Å². The number of rotatable bonds is 4. The zero-order chi connectivity index (χ0) is 11.7. The van der Waals surface area contributed by atoms with Gasteiger partial charge in [0.2, 0.25) is 0 Å². The highest BCUT2D eigenvalue weighted by atomic mass is 16.6. The van der Waals surface area contributed by atoms with Crippen LogP contribution in [0.4, 0.5) is 0 Å². The van der Waals surface area contributed by atoms with Gasteiger partial charge in [0.25, 0.3) is 0 Å². The number of hydrogen-bond acceptors (Lipinski definition) is 3. The van der Waals surface area contributed by atoms with Gasteiger partial charge in [0.15, 0.2) is 11.5 Å². The normalized spacial score (nSPS) is 18.1. The highest BCUT2D eigenvalue weighted by molar-refractivity contribution is 5.90. The van der Waals surface area contributed by atoms with Gasteiger partial charge < -0.3 is 14.2 Å². The average Bonchev–Trinajstić information content (AvgIpc) is 3.19. The van der Waals surface area contributed by atoms with Gasteiger partial charge in [-0.2, -0.15) is 0 Å². The summed E-state index contributed by atoms with van der Waals surface area (Å²) in [5.41, 5.74) is 0. The second kappa shape index (κ2) is 4.26. The lowest BCUT2D eigenvalue weighted by atomic mass is 10.1. The van der Waals surface area contributed by atoms with Gasteiger partial charge >= 0.3 is 0 Å². The van der Waals surface area contributed by atoms with Crippen LogP contribution in [0.1, 0.15) is 0 Å².